The standard InChI is InChI=1S/C17H30O4SSi/c1-14-10-11-16(22(18,19)20)13-15(14)9-7-8-12-21-23(5,6)17(2,3)4/h10-11,13H,7-9,12H2,1-6H3,(H,18,19,20)/p-1. The van der Waals surface area contributed by atoms with Gasteiger partial charge >= 0.3 is 0 Å². The third-order valence-corrected chi connectivity index (χ3v) is 10.1. The number of unbranched alkanes of at least 4 members (excludes halogenated alkanes) is 1. The van der Waals surface area contributed by atoms with E-state index in [0.717, 1.165) is 37.0 Å². The second-order valence-electron chi connectivity index (χ2n) is 7.61. The summed E-state index contributed by atoms with van der Waals surface area (Å²) in [4.78, 5) is -0.143. The molecule has 0 radical (unpaired) electrons. The summed E-state index contributed by atoms with van der Waals surface area (Å²) < 4.78 is 39.5. The average Bonchev–Trinajstić information content (AvgIpc) is 2.37. The summed E-state index contributed by atoms with van der Waals surface area (Å²) in [5.41, 5.74) is 1.94. The highest BCUT2D eigenvalue weighted by molar-refractivity contribution is 7.85. The molecule has 6 heteroatoms. The highest BCUT2D eigenvalue weighted by Gasteiger charge is 2.36. The Morgan fingerprint density at radius 1 is 1.17 bits per heavy atom. The van der Waals surface area contributed by atoms with Crippen LogP contribution in [0.4, 0.5) is 0 Å². The number of rotatable bonds is 7. The monoisotopic (exact) mass is 357 g/mol. The second-order valence-corrected chi connectivity index (χ2v) is 13.8. The molecule has 0 amide bonds. The molecule has 1 rings (SSSR count). The summed E-state index contributed by atoms with van der Waals surface area (Å²) in [6.07, 6.45) is 2.61. The molecule has 0 bridgehead atoms. The quantitative estimate of drug-likeness (QED) is 0.416. The Morgan fingerprint density at radius 2 is 1.78 bits per heavy atom. The maximum Gasteiger partial charge on any atom is 0.191 e. The van der Waals surface area contributed by atoms with Crippen LogP contribution in [0.1, 0.15) is 44.7 Å². The van der Waals surface area contributed by atoms with Crippen molar-refractivity contribution in [2.24, 2.45) is 0 Å². The normalized spacial score (nSPS) is 13.3. The number of hydrogen-bond donors (Lipinski definition) is 0. The molecule has 1 aromatic rings. The molecular weight excluding hydrogens is 328 g/mol. The van der Waals surface area contributed by atoms with Crippen molar-refractivity contribution in [3.8, 4) is 0 Å². The molecule has 0 saturated heterocycles. The molecule has 23 heavy (non-hydrogen) atoms. The predicted molar refractivity (Wildman–Crippen MR) is 95.2 cm³/mol. The van der Waals surface area contributed by atoms with Gasteiger partial charge in [0, 0.05) is 6.61 Å². The van der Waals surface area contributed by atoms with E-state index in [1.165, 1.54) is 12.1 Å². The highest BCUT2D eigenvalue weighted by Crippen LogP contribution is 2.36. The number of aryl methyl sites for hydroxylation is 2. The van der Waals surface area contributed by atoms with Crippen molar-refractivity contribution < 1.29 is 17.4 Å². The van der Waals surface area contributed by atoms with Gasteiger partial charge in [0.25, 0.3) is 0 Å². The summed E-state index contributed by atoms with van der Waals surface area (Å²) in [6, 6.07) is 4.58. The third-order valence-electron chi connectivity index (χ3n) is 4.72. The van der Waals surface area contributed by atoms with Crippen molar-refractivity contribution in [1.82, 2.24) is 0 Å². The van der Waals surface area contributed by atoms with Crippen molar-refractivity contribution in [3.05, 3.63) is 29.3 Å². The highest BCUT2D eigenvalue weighted by atomic mass is 32.2. The first-order valence-electron chi connectivity index (χ1n) is 8.04. The van der Waals surface area contributed by atoms with E-state index in [-0.39, 0.29) is 9.93 Å². The fourth-order valence-electron chi connectivity index (χ4n) is 2.03. The van der Waals surface area contributed by atoms with Crippen LogP contribution in [0.25, 0.3) is 0 Å². The predicted octanol–water partition coefficient (Wildman–Crippen LogP) is 4.24. The van der Waals surface area contributed by atoms with Gasteiger partial charge in [0.1, 0.15) is 10.1 Å². The Labute approximate surface area is 142 Å². The number of hydrogen-bond acceptors (Lipinski definition) is 4. The molecule has 0 aliphatic rings. The van der Waals surface area contributed by atoms with E-state index in [0.29, 0.717) is 0 Å². The molecule has 4 nitrogen and oxygen atoms in total. The largest absolute Gasteiger partial charge is 0.744 e. The van der Waals surface area contributed by atoms with Crippen molar-refractivity contribution in [1.29, 1.82) is 0 Å². The fraction of sp³-hybridized carbons (Fsp3) is 0.647. The van der Waals surface area contributed by atoms with Crippen LogP contribution in [-0.2, 0) is 21.0 Å². The molecule has 132 valence electrons. The van der Waals surface area contributed by atoms with Crippen LogP contribution in [0.3, 0.4) is 0 Å². The van der Waals surface area contributed by atoms with E-state index in [1.807, 2.05) is 6.92 Å². The van der Waals surface area contributed by atoms with Gasteiger partial charge in [-0.25, -0.2) is 8.42 Å². The van der Waals surface area contributed by atoms with Crippen LogP contribution in [0.15, 0.2) is 23.1 Å². The van der Waals surface area contributed by atoms with E-state index >= 15 is 0 Å². The van der Waals surface area contributed by atoms with Crippen molar-refractivity contribution in [2.45, 2.75) is 70.0 Å². The molecule has 0 aromatic heterocycles. The topological polar surface area (TPSA) is 66.4 Å². The van der Waals surface area contributed by atoms with Gasteiger partial charge in [-0.05, 0) is 67.6 Å². The van der Waals surface area contributed by atoms with Gasteiger partial charge in [-0.1, -0.05) is 26.8 Å². The molecule has 0 unspecified atom stereocenters. The van der Waals surface area contributed by atoms with Gasteiger partial charge in [0.05, 0.1) is 4.90 Å². The summed E-state index contributed by atoms with van der Waals surface area (Å²) in [7, 11) is -6.08. The van der Waals surface area contributed by atoms with Crippen LogP contribution in [0, 0.1) is 6.92 Å². The van der Waals surface area contributed by atoms with Gasteiger partial charge in [0.15, 0.2) is 8.32 Å². The molecule has 0 aliphatic carbocycles. The van der Waals surface area contributed by atoms with Gasteiger partial charge in [-0.3, -0.25) is 0 Å². The maximum atomic E-state index is 11.1. The Balaban J connectivity index is 2.54. The smallest absolute Gasteiger partial charge is 0.191 e. The SMILES string of the molecule is Cc1ccc(S(=O)(=O)[O-])cc1CCCCO[Si](C)(C)C(C)(C)C. The van der Waals surface area contributed by atoms with Crippen LogP contribution in [0.5, 0.6) is 0 Å². The van der Waals surface area contributed by atoms with Crippen molar-refractivity contribution >= 4 is 18.4 Å². The number of benzene rings is 1. The molecule has 0 fully saturated rings. The summed E-state index contributed by atoms with van der Waals surface area (Å²) in [5, 5.41) is 0.209. The average molecular weight is 358 g/mol. The first-order valence-corrected chi connectivity index (χ1v) is 12.4. The lowest BCUT2D eigenvalue weighted by atomic mass is 10.0. The van der Waals surface area contributed by atoms with Gasteiger partial charge in [-0.2, -0.15) is 0 Å². The van der Waals surface area contributed by atoms with Crippen molar-refractivity contribution in [2.75, 3.05) is 6.61 Å². The van der Waals surface area contributed by atoms with E-state index in [9.17, 15) is 13.0 Å². The zero-order valence-corrected chi connectivity index (χ0v) is 16.9. The summed E-state index contributed by atoms with van der Waals surface area (Å²) in [5.74, 6) is 0. The third kappa shape index (κ3) is 6.03. The molecule has 0 atom stereocenters. The molecule has 0 heterocycles. The van der Waals surface area contributed by atoms with Crippen LogP contribution in [0.2, 0.25) is 18.1 Å². The molecule has 0 aliphatic heterocycles. The van der Waals surface area contributed by atoms with Crippen molar-refractivity contribution in [3.63, 3.8) is 0 Å². The minimum atomic E-state index is -4.38. The lowest BCUT2D eigenvalue weighted by Crippen LogP contribution is -2.40. The van der Waals surface area contributed by atoms with Crippen LogP contribution >= 0.6 is 0 Å². The van der Waals surface area contributed by atoms with E-state index in [4.69, 9.17) is 4.43 Å². The lowest BCUT2D eigenvalue weighted by molar-refractivity contribution is 0.279. The second kappa shape index (κ2) is 7.47. The minimum absolute atomic E-state index is 0.143. The zero-order chi connectivity index (χ0) is 17.9. The Kier molecular flexibility index (Phi) is 6.61. The maximum absolute atomic E-state index is 11.1. The first kappa shape index (κ1) is 20.4. The molecule has 0 saturated carbocycles. The van der Waals surface area contributed by atoms with E-state index in [1.54, 1.807) is 6.07 Å². The van der Waals surface area contributed by atoms with Gasteiger partial charge in [0.2, 0.25) is 0 Å². The van der Waals surface area contributed by atoms with E-state index in [2.05, 4.69) is 33.9 Å². The molecular formula is C17H29O4SSi-. The lowest BCUT2D eigenvalue weighted by Gasteiger charge is -2.36. The Hall–Kier alpha value is -0.693. The fourth-order valence-corrected chi connectivity index (χ4v) is 3.64. The Bertz CT molecular complexity index is 630. The summed E-state index contributed by atoms with van der Waals surface area (Å²) in [6.45, 7) is 13.8. The molecule has 1 aromatic carbocycles. The summed E-state index contributed by atoms with van der Waals surface area (Å²) >= 11 is 0. The van der Waals surface area contributed by atoms with Crippen LogP contribution < -0.4 is 0 Å². The molecule has 0 N–H and O–H groups in total. The van der Waals surface area contributed by atoms with Gasteiger partial charge in [-0.15, -0.1) is 0 Å². The first-order chi connectivity index (χ1) is 10.3. The minimum Gasteiger partial charge on any atom is -0.744 e. The Morgan fingerprint density at radius 3 is 2.30 bits per heavy atom. The van der Waals surface area contributed by atoms with Crippen LogP contribution in [-0.4, -0.2) is 27.9 Å². The van der Waals surface area contributed by atoms with Gasteiger partial charge < -0.3 is 8.98 Å². The molecule has 0 spiro atoms. The zero-order valence-electron chi connectivity index (χ0n) is 15.1. The van der Waals surface area contributed by atoms with E-state index < -0.39 is 18.4 Å².